The molecular weight excluding hydrogens is 438 g/mol. The maximum Gasteiger partial charge on any atom is 0.279 e. The van der Waals surface area contributed by atoms with Crippen LogP contribution in [0.25, 0.3) is 0 Å². The topological polar surface area (TPSA) is 75.2 Å². The fourth-order valence-corrected chi connectivity index (χ4v) is 3.43. The molecule has 170 valence electrons. The van der Waals surface area contributed by atoms with Gasteiger partial charge in [-0.1, -0.05) is 29.8 Å². The van der Waals surface area contributed by atoms with Crippen LogP contribution >= 0.6 is 0 Å². The number of benzene rings is 3. The quantitative estimate of drug-likeness (QED) is 0.437. The van der Waals surface area contributed by atoms with E-state index in [2.05, 4.69) is 15.3 Å². The fourth-order valence-electron chi connectivity index (χ4n) is 3.43. The van der Waals surface area contributed by atoms with Gasteiger partial charge in [0, 0.05) is 23.8 Å². The van der Waals surface area contributed by atoms with Crippen molar-refractivity contribution in [1.29, 1.82) is 0 Å². The van der Waals surface area contributed by atoms with Crippen LogP contribution in [0.3, 0.4) is 0 Å². The number of hydrogen-bond acceptors (Lipinski definition) is 4. The Balaban J connectivity index is 1.83. The average molecular weight is 458 g/mol. The van der Waals surface area contributed by atoms with E-state index < -0.39 is 29.5 Å². The molecule has 1 N–H and O–H groups in total. The van der Waals surface area contributed by atoms with Crippen LogP contribution in [0, 0.1) is 18.6 Å². The fraction of sp³-hybridized carbons (Fsp3) is 0.0769. The summed E-state index contributed by atoms with van der Waals surface area (Å²) >= 11 is 0. The van der Waals surface area contributed by atoms with Crippen LogP contribution in [0.5, 0.6) is 0 Å². The highest BCUT2D eigenvalue weighted by atomic mass is 19.1. The molecular formula is C26H20F2N4O2. The molecule has 0 fully saturated rings. The van der Waals surface area contributed by atoms with Crippen molar-refractivity contribution in [3.05, 3.63) is 120 Å². The Hall–Kier alpha value is -4.46. The lowest BCUT2D eigenvalue weighted by molar-refractivity contribution is -0.117. The van der Waals surface area contributed by atoms with Crippen molar-refractivity contribution in [2.75, 3.05) is 10.2 Å². The summed E-state index contributed by atoms with van der Waals surface area (Å²) in [6, 6.07) is 16.5. The molecule has 4 aromatic rings. The third-order valence-corrected chi connectivity index (χ3v) is 5.12. The van der Waals surface area contributed by atoms with Crippen LogP contribution in [-0.4, -0.2) is 21.8 Å². The van der Waals surface area contributed by atoms with Gasteiger partial charge in [0.2, 0.25) is 0 Å². The van der Waals surface area contributed by atoms with Gasteiger partial charge < -0.3 is 5.32 Å². The van der Waals surface area contributed by atoms with Crippen LogP contribution in [0.2, 0.25) is 0 Å². The molecule has 0 aliphatic carbocycles. The first kappa shape index (κ1) is 22.7. The van der Waals surface area contributed by atoms with Crippen molar-refractivity contribution in [2.45, 2.75) is 13.0 Å². The van der Waals surface area contributed by atoms with Crippen molar-refractivity contribution in [3.63, 3.8) is 0 Å². The van der Waals surface area contributed by atoms with E-state index in [1.54, 1.807) is 12.1 Å². The monoisotopic (exact) mass is 458 g/mol. The van der Waals surface area contributed by atoms with E-state index in [9.17, 15) is 18.4 Å². The molecule has 6 nitrogen and oxygen atoms in total. The van der Waals surface area contributed by atoms with E-state index in [1.165, 1.54) is 72.0 Å². The largest absolute Gasteiger partial charge is 0.324 e. The average Bonchev–Trinajstić information content (AvgIpc) is 2.85. The van der Waals surface area contributed by atoms with Crippen LogP contribution in [0.1, 0.15) is 27.7 Å². The number of aryl methyl sites for hydroxylation is 1. The third-order valence-electron chi connectivity index (χ3n) is 5.12. The minimum atomic E-state index is -1.15. The molecule has 8 heteroatoms. The van der Waals surface area contributed by atoms with E-state index >= 15 is 0 Å². The lowest BCUT2D eigenvalue weighted by atomic mass is 10.0. The molecule has 2 amide bonds. The highest BCUT2D eigenvalue weighted by Crippen LogP contribution is 2.31. The second kappa shape index (κ2) is 9.99. The SMILES string of the molecule is Cc1ccc([C@@H](C(=O)Nc2ccc(F)cc2)N(C(=O)c2cnccn2)c2ccc(F)cc2)cc1. The van der Waals surface area contributed by atoms with Gasteiger partial charge in [-0.2, -0.15) is 0 Å². The van der Waals surface area contributed by atoms with Gasteiger partial charge in [0.05, 0.1) is 6.20 Å². The summed E-state index contributed by atoms with van der Waals surface area (Å²) in [5.41, 5.74) is 2.15. The summed E-state index contributed by atoms with van der Waals surface area (Å²) in [6.07, 6.45) is 4.09. The Morgan fingerprint density at radius 3 is 2.06 bits per heavy atom. The Kier molecular flexibility index (Phi) is 6.68. The first-order valence-corrected chi connectivity index (χ1v) is 10.4. The first-order chi connectivity index (χ1) is 16.4. The lowest BCUT2D eigenvalue weighted by Gasteiger charge is -2.31. The molecule has 0 radical (unpaired) electrons. The minimum Gasteiger partial charge on any atom is -0.324 e. The van der Waals surface area contributed by atoms with Gasteiger partial charge in [-0.05, 0) is 61.0 Å². The Morgan fingerprint density at radius 2 is 1.47 bits per heavy atom. The van der Waals surface area contributed by atoms with E-state index in [0.29, 0.717) is 11.3 Å². The minimum absolute atomic E-state index is 0.0125. The number of carbonyl (C=O) groups excluding carboxylic acids is 2. The molecule has 0 unspecified atom stereocenters. The van der Waals surface area contributed by atoms with Crippen LogP contribution < -0.4 is 10.2 Å². The summed E-state index contributed by atoms with van der Waals surface area (Å²) in [4.78, 5) is 36.5. The third kappa shape index (κ3) is 5.12. The number of hydrogen-bond donors (Lipinski definition) is 1. The van der Waals surface area contributed by atoms with Crippen molar-refractivity contribution in [1.82, 2.24) is 9.97 Å². The highest BCUT2D eigenvalue weighted by Gasteiger charge is 2.34. The Labute approximate surface area is 194 Å². The van der Waals surface area contributed by atoms with Crippen molar-refractivity contribution >= 4 is 23.2 Å². The summed E-state index contributed by atoms with van der Waals surface area (Å²) in [7, 11) is 0. The number of nitrogens with one attached hydrogen (secondary N) is 1. The van der Waals surface area contributed by atoms with Crippen molar-refractivity contribution in [3.8, 4) is 0 Å². The Morgan fingerprint density at radius 1 is 0.853 bits per heavy atom. The van der Waals surface area contributed by atoms with E-state index in [1.807, 2.05) is 19.1 Å². The van der Waals surface area contributed by atoms with E-state index in [4.69, 9.17) is 0 Å². The van der Waals surface area contributed by atoms with Crippen LogP contribution in [-0.2, 0) is 4.79 Å². The molecule has 0 spiro atoms. The molecule has 1 heterocycles. The number of carbonyl (C=O) groups is 2. The molecule has 1 aromatic heterocycles. The zero-order chi connectivity index (χ0) is 24.1. The van der Waals surface area contributed by atoms with Crippen LogP contribution in [0.4, 0.5) is 20.2 Å². The maximum absolute atomic E-state index is 13.7. The normalized spacial score (nSPS) is 11.5. The predicted octanol–water partition coefficient (Wildman–Crippen LogP) is 5.09. The molecule has 34 heavy (non-hydrogen) atoms. The first-order valence-electron chi connectivity index (χ1n) is 10.4. The van der Waals surface area contributed by atoms with Gasteiger partial charge in [-0.15, -0.1) is 0 Å². The van der Waals surface area contributed by atoms with Gasteiger partial charge in [-0.25, -0.2) is 13.8 Å². The summed E-state index contributed by atoms with van der Waals surface area (Å²) < 4.78 is 27.0. The molecule has 4 rings (SSSR count). The van der Waals surface area contributed by atoms with Gasteiger partial charge in [0.15, 0.2) is 0 Å². The van der Waals surface area contributed by atoms with Gasteiger partial charge in [0.1, 0.15) is 23.4 Å². The smallest absolute Gasteiger partial charge is 0.279 e. The number of rotatable bonds is 6. The highest BCUT2D eigenvalue weighted by molar-refractivity contribution is 6.11. The standard InChI is InChI=1S/C26H20F2N4O2/c1-17-2-4-18(5-3-17)24(25(33)31-21-10-6-19(27)7-11-21)32(22-12-8-20(28)9-13-22)26(34)23-16-29-14-15-30-23/h2-16,24H,1H3,(H,31,33)/t24-/m0/s1. The molecule has 1 atom stereocenters. The molecule has 3 aromatic carbocycles. The number of halogens is 2. The van der Waals surface area contributed by atoms with Gasteiger partial charge in [-0.3, -0.25) is 19.5 Å². The van der Waals surface area contributed by atoms with E-state index in [0.717, 1.165) is 5.56 Å². The van der Waals surface area contributed by atoms with Gasteiger partial charge in [0.25, 0.3) is 11.8 Å². The number of anilines is 2. The van der Waals surface area contributed by atoms with Crippen LogP contribution in [0.15, 0.2) is 91.4 Å². The lowest BCUT2D eigenvalue weighted by Crippen LogP contribution is -2.42. The zero-order valence-electron chi connectivity index (χ0n) is 18.2. The molecule has 0 saturated carbocycles. The molecule has 0 aliphatic heterocycles. The number of nitrogens with zero attached hydrogens (tertiary/aromatic N) is 3. The Bertz CT molecular complexity index is 1280. The second-order valence-corrected chi connectivity index (χ2v) is 7.55. The summed E-state index contributed by atoms with van der Waals surface area (Å²) in [5.74, 6) is -2.08. The second-order valence-electron chi connectivity index (χ2n) is 7.55. The predicted molar refractivity (Wildman–Crippen MR) is 124 cm³/mol. The number of aromatic nitrogens is 2. The van der Waals surface area contributed by atoms with Gasteiger partial charge >= 0.3 is 0 Å². The summed E-state index contributed by atoms with van der Waals surface area (Å²) in [6.45, 7) is 1.90. The summed E-state index contributed by atoms with van der Waals surface area (Å²) in [5, 5.41) is 2.74. The maximum atomic E-state index is 13.7. The number of amides is 2. The molecule has 0 aliphatic rings. The van der Waals surface area contributed by atoms with E-state index in [-0.39, 0.29) is 11.4 Å². The van der Waals surface area contributed by atoms with Crippen molar-refractivity contribution < 1.29 is 18.4 Å². The van der Waals surface area contributed by atoms with Crippen molar-refractivity contribution in [2.24, 2.45) is 0 Å². The zero-order valence-corrected chi connectivity index (χ0v) is 18.2. The molecule has 0 saturated heterocycles. The molecule has 0 bridgehead atoms.